The van der Waals surface area contributed by atoms with Gasteiger partial charge in [-0.05, 0) is 79.6 Å². The van der Waals surface area contributed by atoms with Gasteiger partial charge in [-0.3, -0.25) is 13.8 Å². The van der Waals surface area contributed by atoms with Gasteiger partial charge in [0.25, 0.3) is 10.0 Å². The number of nitrogens with zero attached hydrogens (tertiary/aromatic N) is 1. The standard InChI is InChI=1S/C24H26FN3O5S2/c1-18-5-3-6-22(17-18)28(34(2,30)31)16-4-7-24(29)26-20-12-14-23(15-13-20)35(32,33)27-21-10-8-19(25)9-11-21/h3,5-6,8-15,17,27H,4,7,16H2,1-2H3,(H,26,29). The highest BCUT2D eigenvalue weighted by Gasteiger charge is 2.18. The molecule has 0 fully saturated rings. The monoisotopic (exact) mass is 519 g/mol. The number of hydrogen-bond donors (Lipinski definition) is 2. The third-order valence-corrected chi connectivity index (χ3v) is 7.59. The molecule has 0 aliphatic rings. The molecule has 11 heteroatoms. The number of anilines is 3. The summed E-state index contributed by atoms with van der Waals surface area (Å²) >= 11 is 0. The fourth-order valence-corrected chi connectivity index (χ4v) is 5.34. The predicted molar refractivity (Wildman–Crippen MR) is 135 cm³/mol. The van der Waals surface area contributed by atoms with E-state index < -0.39 is 25.9 Å². The zero-order chi connectivity index (χ0) is 25.6. The first-order valence-electron chi connectivity index (χ1n) is 10.7. The van der Waals surface area contributed by atoms with Crippen LogP contribution in [0.4, 0.5) is 21.5 Å². The lowest BCUT2D eigenvalue weighted by atomic mass is 10.2. The number of carbonyl (C=O) groups is 1. The highest BCUT2D eigenvalue weighted by atomic mass is 32.2. The maximum Gasteiger partial charge on any atom is 0.261 e. The van der Waals surface area contributed by atoms with Crippen molar-refractivity contribution in [2.45, 2.75) is 24.7 Å². The van der Waals surface area contributed by atoms with Crippen molar-refractivity contribution in [1.29, 1.82) is 0 Å². The molecule has 0 atom stereocenters. The quantitative estimate of drug-likeness (QED) is 0.418. The molecule has 3 rings (SSSR count). The molecule has 1 amide bonds. The van der Waals surface area contributed by atoms with Crippen LogP contribution in [0.3, 0.4) is 0 Å². The number of aryl methyl sites for hydroxylation is 1. The summed E-state index contributed by atoms with van der Waals surface area (Å²) in [6.45, 7) is 2.01. The summed E-state index contributed by atoms with van der Waals surface area (Å²) in [5.74, 6) is -0.810. The minimum absolute atomic E-state index is 0.0261. The molecule has 0 aliphatic carbocycles. The number of hydrogen-bond acceptors (Lipinski definition) is 5. The van der Waals surface area contributed by atoms with E-state index in [1.54, 1.807) is 18.2 Å². The zero-order valence-electron chi connectivity index (χ0n) is 19.2. The molecule has 0 radical (unpaired) electrons. The molecule has 0 heterocycles. The zero-order valence-corrected chi connectivity index (χ0v) is 20.9. The number of halogens is 1. The van der Waals surface area contributed by atoms with Crippen molar-refractivity contribution < 1.29 is 26.0 Å². The van der Waals surface area contributed by atoms with Gasteiger partial charge in [0.2, 0.25) is 15.9 Å². The van der Waals surface area contributed by atoms with Crippen molar-refractivity contribution in [3.8, 4) is 0 Å². The topological polar surface area (TPSA) is 113 Å². The average molecular weight is 520 g/mol. The smallest absolute Gasteiger partial charge is 0.261 e. The van der Waals surface area contributed by atoms with Crippen molar-refractivity contribution in [3.63, 3.8) is 0 Å². The van der Waals surface area contributed by atoms with E-state index in [1.165, 1.54) is 40.7 Å². The molecule has 0 aliphatic heterocycles. The first-order chi connectivity index (χ1) is 16.4. The molecule has 3 aromatic carbocycles. The summed E-state index contributed by atoms with van der Waals surface area (Å²) in [5, 5.41) is 2.67. The third kappa shape index (κ3) is 7.52. The molecule has 186 valence electrons. The van der Waals surface area contributed by atoms with E-state index >= 15 is 0 Å². The lowest BCUT2D eigenvalue weighted by Crippen LogP contribution is -2.31. The number of amides is 1. The van der Waals surface area contributed by atoms with Crippen LogP contribution in [0.2, 0.25) is 0 Å². The first kappa shape index (κ1) is 26.2. The average Bonchev–Trinajstić information content (AvgIpc) is 2.77. The summed E-state index contributed by atoms with van der Waals surface area (Å²) in [7, 11) is -7.40. The van der Waals surface area contributed by atoms with Crippen LogP contribution in [0.15, 0.2) is 77.7 Å². The Balaban J connectivity index is 1.56. The fourth-order valence-electron chi connectivity index (χ4n) is 3.33. The third-order valence-electron chi connectivity index (χ3n) is 5.00. The van der Waals surface area contributed by atoms with Crippen LogP contribution in [0.1, 0.15) is 18.4 Å². The first-order valence-corrected chi connectivity index (χ1v) is 14.0. The van der Waals surface area contributed by atoms with E-state index in [2.05, 4.69) is 10.0 Å². The molecular weight excluding hydrogens is 493 g/mol. The van der Waals surface area contributed by atoms with Gasteiger partial charge >= 0.3 is 0 Å². The summed E-state index contributed by atoms with van der Waals surface area (Å²) in [5.41, 5.74) is 2.08. The largest absolute Gasteiger partial charge is 0.326 e. The highest BCUT2D eigenvalue weighted by Crippen LogP contribution is 2.21. The molecule has 0 saturated carbocycles. The van der Waals surface area contributed by atoms with Crippen LogP contribution >= 0.6 is 0 Å². The molecule has 0 saturated heterocycles. The Bertz CT molecular complexity index is 1390. The SMILES string of the molecule is Cc1cccc(N(CCCC(=O)Nc2ccc(S(=O)(=O)Nc3ccc(F)cc3)cc2)S(C)(=O)=O)c1. The molecule has 2 N–H and O–H groups in total. The Morgan fingerprint density at radius 1 is 0.914 bits per heavy atom. The van der Waals surface area contributed by atoms with Crippen LogP contribution in [0, 0.1) is 12.7 Å². The van der Waals surface area contributed by atoms with Crippen molar-refractivity contribution in [3.05, 3.63) is 84.2 Å². The summed E-state index contributed by atoms with van der Waals surface area (Å²) in [6.07, 6.45) is 1.49. The van der Waals surface area contributed by atoms with Gasteiger partial charge in [0.15, 0.2) is 0 Å². The summed E-state index contributed by atoms with van der Waals surface area (Å²) < 4.78 is 66.0. The number of benzene rings is 3. The van der Waals surface area contributed by atoms with Crippen LogP contribution in [-0.2, 0) is 24.8 Å². The van der Waals surface area contributed by atoms with Crippen molar-refractivity contribution in [2.75, 3.05) is 27.1 Å². The number of nitrogens with one attached hydrogen (secondary N) is 2. The summed E-state index contributed by atoms with van der Waals surface area (Å²) in [4.78, 5) is 12.3. The van der Waals surface area contributed by atoms with E-state index in [1.807, 2.05) is 13.0 Å². The van der Waals surface area contributed by atoms with Crippen molar-refractivity contribution in [2.24, 2.45) is 0 Å². The lowest BCUT2D eigenvalue weighted by Gasteiger charge is -2.22. The van der Waals surface area contributed by atoms with Crippen LogP contribution < -0.4 is 14.3 Å². The van der Waals surface area contributed by atoms with E-state index in [9.17, 15) is 26.0 Å². The van der Waals surface area contributed by atoms with Gasteiger partial charge < -0.3 is 5.32 Å². The number of rotatable bonds is 10. The van der Waals surface area contributed by atoms with Gasteiger partial charge in [0.1, 0.15) is 5.82 Å². The van der Waals surface area contributed by atoms with Gasteiger partial charge in [-0.25, -0.2) is 21.2 Å². The molecule has 0 spiro atoms. The van der Waals surface area contributed by atoms with Crippen LogP contribution in [0.25, 0.3) is 0 Å². The van der Waals surface area contributed by atoms with Crippen LogP contribution in [-0.4, -0.2) is 35.5 Å². The minimum atomic E-state index is -3.89. The van der Waals surface area contributed by atoms with E-state index in [-0.39, 0.29) is 29.5 Å². The van der Waals surface area contributed by atoms with Gasteiger partial charge in [0.05, 0.1) is 16.8 Å². The second-order valence-electron chi connectivity index (χ2n) is 7.96. The Kier molecular flexibility index (Phi) is 8.13. The van der Waals surface area contributed by atoms with E-state index in [0.29, 0.717) is 17.8 Å². The predicted octanol–water partition coefficient (Wildman–Crippen LogP) is 4.12. The highest BCUT2D eigenvalue weighted by molar-refractivity contribution is 7.92. The van der Waals surface area contributed by atoms with Crippen molar-refractivity contribution >= 4 is 43.0 Å². The molecule has 0 unspecified atom stereocenters. The Labute approximate surface area is 204 Å². The molecule has 0 bridgehead atoms. The summed E-state index contributed by atoms with van der Waals surface area (Å²) in [6, 6.07) is 17.6. The molecular formula is C24H26FN3O5S2. The van der Waals surface area contributed by atoms with Gasteiger partial charge in [-0.2, -0.15) is 0 Å². The van der Waals surface area contributed by atoms with Gasteiger partial charge in [0, 0.05) is 24.3 Å². The van der Waals surface area contributed by atoms with Gasteiger partial charge in [-0.1, -0.05) is 12.1 Å². The minimum Gasteiger partial charge on any atom is -0.326 e. The Morgan fingerprint density at radius 2 is 1.54 bits per heavy atom. The second-order valence-corrected chi connectivity index (χ2v) is 11.6. The lowest BCUT2D eigenvalue weighted by molar-refractivity contribution is -0.116. The molecule has 35 heavy (non-hydrogen) atoms. The Morgan fingerprint density at radius 3 is 2.14 bits per heavy atom. The maximum absolute atomic E-state index is 13.0. The van der Waals surface area contributed by atoms with E-state index in [0.717, 1.165) is 24.0 Å². The number of sulfonamides is 2. The Hall–Kier alpha value is -3.44. The number of carbonyl (C=O) groups excluding carboxylic acids is 1. The molecule has 3 aromatic rings. The molecule has 8 nitrogen and oxygen atoms in total. The van der Waals surface area contributed by atoms with Crippen molar-refractivity contribution in [1.82, 2.24) is 0 Å². The van der Waals surface area contributed by atoms with Gasteiger partial charge in [-0.15, -0.1) is 0 Å². The fraction of sp³-hybridized carbons (Fsp3) is 0.208. The molecule has 0 aromatic heterocycles. The maximum atomic E-state index is 13.0. The normalized spacial score (nSPS) is 11.6. The second kappa shape index (κ2) is 10.9. The van der Waals surface area contributed by atoms with Crippen LogP contribution in [0.5, 0.6) is 0 Å². The van der Waals surface area contributed by atoms with E-state index in [4.69, 9.17) is 0 Å².